The van der Waals surface area contributed by atoms with Crippen molar-refractivity contribution in [3.63, 3.8) is 0 Å². The molecule has 0 spiro atoms. The number of piperidine rings is 1. The van der Waals surface area contributed by atoms with Gasteiger partial charge in [-0.25, -0.2) is 9.37 Å². The van der Waals surface area contributed by atoms with Crippen molar-refractivity contribution >= 4 is 11.0 Å². The molecule has 0 bridgehead atoms. The molecule has 1 fully saturated rings. The summed E-state index contributed by atoms with van der Waals surface area (Å²) in [6, 6.07) is 12.8. The minimum Gasteiger partial charge on any atom is -0.505 e. The standard InChI is InChI=1S/C20H22FN3O2/c1-24-11-9-14(10-12-24)26-19(13-5-3-2-4-6-13)20-22-15-7-8-16(25)17(21)18(15)23-20/h2-8,14,19,25H,9-12H2,1H3,(H,22,23). The second kappa shape index (κ2) is 7.05. The van der Waals surface area contributed by atoms with Crippen LogP contribution < -0.4 is 0 Å². The lowest BCUT2D eigenvalue weighted by molar-refractivity contribution is -0.0264. The molecule has 0 radical (unpaired) electrons. The van der Waals surface area contributed by atoms with Gasteiger partial charge in [-0.2, -0.15) is 0 Å². The van der Waals surface area contributed by atoms with Gasteiger partial charge in [-0.15, -0.1) is 0 Å². The number of rotatable bonds is 4. The van der Waals surface area contributed by atoms with Gasteiger partial charge in [0.05, 0.1) is 11.6 Å². The number of phenolic OH excluding ortho intramolecular Hbond substituents is 1. The first-order valence-corrected chi connectivity index (χ1v) is 8.88. The van der Waals surface area contributed by atoms with Crippen LogP contribution in [-0.2, 0) is 4.74 Å². The van der Waals surface area contributed by atoms with Crippen molar-refractivity contribution in [3.8, 4) is 5.75 Å². The van der Waals surface area contributed by atoms with E-state index in [9.17, 15) is 9.50 Å². The Morgan fingerprint density at radius 3 is 2.65 bits per heavy atom. The van der Waals surface area contributed by atoms with Gasteiger partial charge >= 0.3 is 0 Å². The fourth-order valence-electron chi connectivity index (χ4n) is 3.42. The second-order valence-electron chi connectivity index (χ2n) is 6.85. The molecule has 136 valence electrons. The lowest BCUT2D eigenvalue weighted by Gasteiger charge is -2.31. The van der Waals surface area contributed by atoms with E-state index in [0.717, 1.165) is 31.5 Å². The van der Waals surface area contributed by atoms with E-state index in [1.54, 1.807) is 6.07 Å². The molecule has 2 heterocycles. The number of aromatic hydroxyl groups is 1. The predicted octanol–water partition coefficient (Wildman–Crippen LogP) is 3.61. The highest BCUT2D eigenvalue weighted by Crippen LogP contribution is 2.31. The van der Waals surface area contributed by atoms with Crippen LogP contribution in [0.4, 0.5) is 4.39 Å². The van der Waals surface area contributed by atoms with Crippen LogP contribution in [0, 0.1) is 5.82 Å². The van der Waals surface area contributed by atoms with Crippen molar-refractivity contribution in [2.75, 3.05) is 20.1 Å². The first kappa shape index (κ1) is 17.0. The maximum Gasteiger partial charge on any atom is 0.192 e. The average molecular weight is 355 g/mol. The minimum absolute atomic E-state index is 0.128. The zero-order valence-corrected chi connectivity index (χ0v) is 14.7. The molecule has 1 aliphatic rings. The van der Waals surface area contributed by atoms with Crippen LogP contribution in [-0.4, -0.2) is 46.2 Å². The molecule has 26 heavy (non-hydrogen) atoms. The van der Waals surface area contributed by atoms with E-state index < -0.39 is 17.7 Å². The number of nitrogens with zero attached hydrogens (tertiary/aromatic N) is 2. The molecular weight excluding hydrogens is 333 g/mol. The van der Waals surface area contributed by atoms with Crippen LogP contribution in [0.25, 0.3) is 11.0 Å². The van der Waals surface area contributed by atoms with E-state index in [1.807, 2.05) is 30.3 Å². The molecule has 6 heteroatoms. The number of fused-ring (bicyclic) bond motifs is 1. The van der Waals surface area contributed by atoms with E-state index >= 15 is 0 Å². The van der Waals surface area contributed by atoms with Crippen molar-refractivity contribution in [1.82, 2.24) is 14.9 Å². The number of aromatic nitrogens is 2. The molecule has 5 nitrogen and oxygen atoms in total. The number of likely N-dealkylation sites (tertiary alicyclic amines) is 1. The Hall–Kier alpha value is -2.44. The highest BCUT2D eigenvalue weighted by molar-refractivity contribution is 5.77. The largest absolute Gasteiger partial charge is 0.505 e. The number of hydrogen-bond acceptors (Lipinski definition) is 4. The maximum absolute atomic E-state index is 14.2. The van der Waals surface area contributed by atoms with E-state index in [1.165, 1.54) is 6.07 Å². The van der Waals surface area contributed by atoms with Gasteiger partial charge in [-0.1, -0.05) is 30.3 Å². The molecule has 1 aliphatic heterocycles. The van der Waals surface area contributed by atoms with Gasteiger partial charge in [0.15, 0.2) is 11.6 Å². The Balaban J connectivity index is 1.70. The van der Waals surface area contributed by atoms with Gasteiger partial charge in [0.2, 0.25) is 0 Å². The molecule has 1 atom stereocenters. The number of imidazole rings is 1. The van der Waals surface area contributed by atoms with Gasteiger partial charge in [0, 0.05) is 13.1 Å². The fourth-order valence-corrected chi connectivity index (χ4v) is 3.42. The van der Waals surface area contributed by atoms with Crippen molar-refractivity contribution in [2.24, 2.45) is 0 Å². The predicted molar refractivity (Wildman–Crippen MR) is 97.6 cm³/mol. The molecule has 1 saturated heterocycles. The van der Waals surface area contributed by atoms with E-state index in [-0.39, 0.29) is 11.6 Å². The van der Waals surface area contributed by atoms with E-state index in [2.05, 4.69) is 21.9 Å². The highest BCUT2D eigenvalue weighted by atomic mass is 19.1. The summed E-state index contributed by atoms with van der Waals surface area (Å²) in [7, 11) is 2.11. The summed E-state index contributed by atoms with van der Waals surface area (Å²) in [5.74, 6) is -0.561. The molecule has 0 saturated carbocycles. The molecule has 4 rings (SSSR count). The summed E-state index contributed by atoms with van der Waals surface area (Å²) in [6.07, 6.45) is 1.63. The van der Waals surface area contributed by atoms with Crippen LogP contribution >= 0.6 is 0 Å². The minimum atomic E-state index is -0.712. The highest BCUT2D eigenvalue weighted by Gasteiger charge is 2.26. The SMILES string of the molecule is CN1CCC(OC(c2ccccc2)c2nc3c(F)c(O)ccc3[nH]2)CC1. The Morgan fingerprint density at radius 2 is 1.92 bits per heavy atom. The van der Waals surface area contributed by atoms with Crippen molar-refractivity contribution in [2.45, 2.75) is 25.0 Å². The number of hydrogen-bond donors (Lipinski definition) is 2. The lowest BCUT2D eigenvalue weighted by Crippen LogP contribution is -2.35. The molecular formula is C20H22FN3O2. The third-order valence-corrected chi connectivity index (χ3v) is 4.94. The van der Waals surface area contributed by atoms with Gasteiger partial charge in [-0.3, -0.25) is 0 Å². The number of benzene rings is 2. The number of aromatic amines is 1. The van der Waals surface area contributed by atoms with Gasteiger partial charge in [-0.05, 0) is 37.6 Å². The fraction of sp³-hybridized carbons (Fsp3) is 0.350. The number of phenols is 1. The molecule has 1 aromatic heterocycles. The van der Waals surface area contributed by atoms with Gasteiger partial charge in [0.1, 0.15) is 17.4 Å². The molecule has 0 amide bonds. The number of ether oxygens (including phenoxy) is 1. The first-order chi connectivity index (χ1) is 12.6. The summed E-state index contributed by atoms with van der Waals surface area (Å²) in [6.45, 7) is 1.99. The van der Waals surface area contributed by atoms with Crippen molar-refractivity contribution < 1.29 is 14.2 Å². The Labute approximate surface area is 151 Å². The molecule has 0 aliphatic carbocycles. The normalized spacial score (nSPS) is 17.6. The molecule has 1 unspecified atom stereocenters. The van der Waals surface area contributed by atoms with Gasteiger partial charge < -0.3 is 19.7 Å². The number of nitrogens with one attached hydrogen (secondary N) is 1. The lowest BCUT2D eigenvalue weighted by atomic mass is 10.1. The van der Waals surface area contributed by atoms with Crippen LogP contribution in [0.1, 0.15) is 30.3 Å². The average Bonchev–Trinajstić information content (AvgIpc) is 3.10. The summed E-state index contributed by atoms with van der Waals surface area (Å²) in [5.41, 5.74) is 1.64. The van der Waals surface area contributed by atoms with Crippen LogP contribution in [0.3, 0.4) is 0 Å². The molecule has 3 aromatic rings. The smallest absolute Gasteiger partial charge is 0.192 e. The van der Waals surface area contributed by atoms with E-state index in [4.69, 9.17) is 4.74 Å². The summed E-state index contributed by atoms with van der Waals surface area (Å²) >= 11 is 0. The monoisotopic (exact) mass is 355 g/mol. The number of halogens is 1. The Kier molecular flexibility index (Phi) is 4.61. The first-order valence-electron chi connectivity index (χ1n) is 8.88. The molecule has 2 N–H and O–H groups in total. The summed E-state index contributed by atoms with van der Waals surface area (Å²) in [5, 5.41) is 9.60. The Morgan fingerprint density at radius 1 is 1.19 bits per heavy atom. The topological polar surface area (TPSA) is 61.4 Å². The van der Waals surface area contributed by atoms with Crippen molar-refractivity contribution in [3.05, 3.63) is 59.7 Å². The van der Waals surface area contributed by atoms with Crippen molar-refractivity contribution in [1.29, 1.82) is 0 Å². The Bertz CT molecular complexity index is 889. The number of H-pyrrole nitrogens is 1. The molecule has 2 aromatic carbocycles. The van der Waals surface area contributed by atoms with Crippen LogP contribution in [0.15, 0.2) is 42.5 Å². The van der Waals surface area contributed by atoms with E-state index in [0.29, 0.717) is 11.3 Å². The third kappa shape index (κ3) is 3.30. The second-order valence-corrected chi connectivity index (χ2v) is 6.85. The third-order valence-electron chi connectivity index (χ3n) is 4.94. The van der Waals surface area contributed by atoms with Crippen LogP contribution in [0.5, 0.6) is 5.75 Å². The van der Waals surface area contributed by atoms with Gasteiger partial charge in [0.25, 0.3) is 0 Å². The summed E-state index contributed by atoms with van der Waals surface area (Å²) in [4.78, 5) is 9.86. The zero-order chi connectivity index (χ0) is 18.1. The summed E-state index contributed by atoms with van der Waals surface area (Å²) < 4.78 is 20.6. The maximum atomic E-state index is 14.2. The zero-order valence-electron chi connectivity index (χ0n) is 14.7. The van der Waals surface area contributed by atoms with Crippen LogP contribution in [0.2, 0.25) is 0 Å². The quantitative estimate of drug-likeness (QED) is 0.751.